The van der Waals surface area contributed by atoms with Gasteiger partial charge in [0.05, 0.1) is 10.6 Å². The average Bonchev–Trinajstić information content (AvgIpc) is 2.94. The van der Waals surface area contributed by atoms with Gasteiger partial charge in [-0.15, -0.1) is 0 Å². The zero-order valence-corrected chi connectivity index (χ0v) is 17.8. The molecule has 1 fully saturated rings. The lowest BCUT2D eigenvalue weighted by Gasteiger charge is -2.34. The van der Waals surface area contributed by atoms with Crippen LogP contribution in [0.1, 0.15) is 34.9 Å². The van der Waals surface area contributed by atoms with E-state index in [4.69, 9.17) is 0 Å². The van der Waals surface area contributed by atoms with E-state index in [-0.39, 0.29) is 0 Å². The Hall–Kier alpha value is -1.70. The number of benzene rings is 1. The molecule has 1 aromatic heterocycles. The lowest BCUT2D eigenvalue weighted by molar-refractivity contribution is 0.181. The Morgan fingerprint density at radius 3 is 2.11 bits per heavy atom. The highest BCUT2D eigenvalue weighted by Gasteiger charge is 2.31. The number of hydrogen-bond acceptors (Lipinski definition) is 4. The Balaban J connectivity index is 1.70. The minimum atomic E-state index is -3.45. The molecule has 0 amide bonds. The van der Waals surface area contributed by atoms with Crippen LogP contribution in [-0.2, 0) is 23.1 Å². The van der Waals surface area contributed by atoms with E-state index in [9.17, 15) is 8.42 Å². The second-order valence-electron chi connectivity index (χ2n) is 7.50. The van der Waals surface area contributed by atoms with E-state index in [0.29, 0.717) is 18.0 Å². The number of nitrogens with zero attached hydrogens (tertiary/aromatic N) is 4. The van der Waals surface area contributed by atoms with E-state index in [1.807, 2.05) is 44.5 Å². The molecule has 1 aliphatic heterocycles. The number of aryl methyl sites for hydroxylation is 5. The Bertz CT molecular complexity index is 902. The van der Waals surface area contributed by atoms with Gasteiger partial charge in [0.2, 0.25) is 10.0 Å². The summed E-state index contributed by atoms with van der Waals surface area (Å²) in [6.45, 7) is 14.1. The van der Waals surface area contributed by atoms with Gasteiger partial charge in [-0.1, -0.05) is 17.7 Å². The fourth-order valence-electron chi connectivity index (χ4n) is 3.95. The quantitative estimate of drug-likeness (QED) is 0.788. The van der Waals surface area contributed by atoms with Crippen molar-refractivity contribution in [1.29, 1.82) is 0 Å². The highest BCUT2D eigenvalue weighted by atomic mass is 32.2. The summed E-state index contributed by atoms with van der Waals surface area (Å²) in [4.78, 5) is 2.78. The summed E-state index contributed by atoms with van der Waals surface area (Å²) in [5, 5.41) is 4.50. The molecule has 0 bridgehead atoms. The van der Waals surface area contributed by atoms with Gasteiger partial charge in [0.15, 0.2) is 0 Å². The first-order chi connectivity index (χ1) is 12.7. The second-order valence-corrected chi connectivity index (χ2v) is 9.38. The van der Waals surface area contributed by atoms with Crippen LogP contribution in [0.25, 0.3) is 0 Å². The molecule has 148 valence electrons. The molecular weight excluding hydrogens is 360 g/mol. The van der Waals surface area contributed by atoms with Crippen LogP contribution in [0.15, 0.2) is 23.2 Å². The molecule has 6 nitrogen and oxygen atoms in total. The van der Waals surface area contributed by atoms with Gasteiger partial charge < -0.3 is 0 Å². The van der Waals surface area contributed by atoms with Crippen molar-refractivity contribution in [3.8, 4) is 0 Å². The van der Waals surface area contributed by atoms with Gasteiger partial charge in [-0.3, -0.25) is 9.58 Å². The van der Waals surface area contributed by atoms with Crippen LogP contribution in [0.4, 0.5) is 0 Å². The number of aromatic nitrogens is 2. The molecule has 0 aliphatic carbocycles. The number of hydrogen-bond donors (Lipinski definition) is 0. The minimum absolute atomic E-state index is 0.474. The van der Waals surface area contributed by atoms with Gasteiger partial charge in [-0.2, -0.15) is 9.40 Å². The molecule has 7 heteroatoms. The highest BCUT2D eigenvalue weighted by Crippen LogP contribution is 2.26. The van der Waals surface area contributed by atoms with Crippen molar-refractivity contribution in [2.24, 2.45) is 0 Å². The van der Waals surface area contributed by atoms with Crippen LogP contribution in [0.3, 0.4) is 0 Å². The zero-order valence-electron chi connectivity index (χ0n) is 17.0. The molecule has 0 saturated carbocycles. The maximum absolute atomic E-state index is 13.2. The number of sulfonamides is 1. The first-order valence-corrected chi connectivity index (χ1v) is 11.0. The van der Waals surface area contributed by atoms with Crippen LogP contribution in [-0.4, -0.2) is 53.6 Å². The van der Waals surface area contributed by atoms with Crippen molar-refractivity contribution in [2.45, 2.75) is 52.6 Å². The van der Waals surface area contributed by atoms with Crippen LogP contribution < -0.4 is 0 Å². The van der Waals surface area contributed by atoms with Crippen molar-refractivity contribution in [1.82, 2.24) is 19.0 Å². The molecule has 1 saturated heterocycles. The third-order valence-corrected chi connectivity index (χ3v) is 7.50. The average molecular weight is 391 g/mol. The lowest BCUT2D eigenvalue weighted by Crippen LogP contribution is -2.48. The number of rotatable bonds is 5. The monoisotopic (exact) mass is 390 g/mol. The van der Waals surface area contributed by atoms with Gasteiger partial charge in [-0.05, 0) is 45.7 Å². The van der Waals surface area contributed by atoms with Gasteiger partial charge in [0, 0.05) is 51.0 Å². The largest absolute Gasteiger partial charge is 0.296 e. The van der Waals surface area contributed by atoms with Crippen LogP contribution >= 0.6 is 0 Å². The van der Waals surface area contributed by atoms with E-state index >= 15 is 0 Å². The molecule has 27 heavy (non-hydrogen) atoms. The Morgan fingerprint density at radius 2 is 1.59 bits per heavy atom. The molecule has 0 atom stereocenters. The van der Waals surface area contributed by atoms with E-state index in [2.05, 4.69) is 23.1 Å². The van der Waals surface area contributed by atoms with Gasteiger partial charge in [0.25, 0.3) is 0 Å². The van der Waals surface area contributed by atoms with E-state index in [1.54, 1.807) is 4.31 Å². The van der Waals surface area contributed by atoms with Gasteiger partial charge in [-0.25, -0.2) is 8.42 Å². The topological polar surface area (TPSA) is 58.4 Å². The van der Waals surface area contributed by atoms with Crippen molar-refractivity contribution in [3.63, 3.8) is 0 Å². The smallest absolute Gasteiger partial charge is 0.243 e. The fraction of sp³-hybridized carbons (Fsp3) is 0.550. The van der Waals surface area contributed by atoms with E-state index < -0.39 is 10.0 Å². The summed E-state index contributed by atoms with van der Waals surface area (Å²) in [6.07, 6.45) is 2.09. The summed E-state index contributed by atoms with van der Waals surface area (Å²) in [5.41, 5.74) is 5.03. The Labute approximate surface area is 162 Å². The third kappa shape index (κ3) is 4.10. The lowest BCUT2D eigenvalue weighted by atomic mass is 10.1. The molecule has 0 N–H and O–H groups in total. The standard InChI is InChI=1S/C20H30N4O2S/c1-6-23-14-19(18(5)21-23)13-22-7-9-24(10-8-22)27(25,26)20-16(3)11-15(2)12-17(20)4/h11-12,14H,6-10,13H2,1-5H3. The molecular formula is C20H30N4O2S. The third-order valence-electron chi connectivity index (χ3n) is 5.30. The normalized spacial score (nSPS) is 16.8. The molecule has 2 heterocycles. The van der Waals surface area contributed by atoms with Gasteiger partial charge in [0.1, 0.15) is 0 Å². The molecule has 1 aliphatic rings. The second kappa shape index (κ2) is 7.73. The summed E-state index contributed by atoms with van der Waals surface area (Å²) < 4.78 is 30.0. The minimum Gasteiger partial charge on any atom is -0.296 e. The molecule has 1 aromatic carbocycles. The van der Waals surface area contributed by atoms with Crippen molar-refractivity contribution in [3.05, 3.63) is 46.3 Å². The van der Waals surface area contributed by atoms with Gasteiger partial charge >= 0.3 is 0 Å². The predicted molar refractivity (Wildman–Crippen MR) is 107 cm³/mol. The first kappa shape index (κ1) is 20.0. The predicted octanol–water partition coefficient (Wildman–Crippen LogP) is 2.64. The van der Waals surface area contributed by atoms with Crippen molar-refractivity contribution >= 4 is 10.0 Å². The van der Waals surface area contributed by atoms with Crippen molar-refractivity contribution < 1.29 is 8.42 Å². The van der Waals surface area contributed by atoms with Crippen LogP contribution in [0.5, 0.6) is 0 Å². The van der Waals surface area contributed by atoms with Crippen molar-refractivity contribution in [2.75, 3.05) is 26.2 Å². The summed E-state index contributed by atoms with van der Waals surface area (Å²) in [6, 6.07) is 3.90. The zero-order chi connectivity index (χ0) is 19.8. The highest BCUT2D eigenvalue weighted by molar-refractivity contribution is 7.89. The van der Waals surface area contributed by atoms with E-state index in [1.165, 1.54) is 5.56 Å². The van der Waals surface area contributed by atoms with E-state index in [0.717, 1.165) is 48.6 Å². The first-order valence-electron chi connectivity index (χ1n) is 9.55. The van der Waals surface area contributed by atoms with Crippen LogP contribution in [0.2, 0.25) is 0 Å². The Morgan fingerprint density at radius 1 is 1.00 bits per heavy atom. The fourth-order valence-corrected chi connectivity index (χ4v) is 5.78. The molecule has 0 unspecified atom stereocenters. The number of piperazine rings is 1. The Kier molecular flexibility index (Phi) is 5.74. The summed E-state index contributed by atoms with van der Waals surface area (Å²) in [7, 11) is -3.45. The molecule has 3 rings (SSSR count). The molecule has 0 radical (unpaired) electrons. The maximum Gasteiger partial charge on any atom is 0.243 e. The SMILES string of the molecule is CCn1cc(CN2CCN(S(=O)(=O)c3c(C)cc(C)cc3C)CC2)c(C)n1. The molecule has 0 spiro atoms. The maximum atomic E-state index is 13.2. The molecule has 2 aromatic rings. The summed E-state index contributed by atoms with van der Waals surface area (Å²) >= 11 is 0. The van der Waals surface area contributed by atoms with Crippen LogP contribution in [0, 0.1) is 27.7 Å². The summed E-state index contributed by atoms with van der Waals surface area (Å²) in [5.74, 6) is 0.